The summed E-state index contributed by atoms with van der Waals surface area (Å²) in [7, 11) is 0. The van der Waals surface area contributed by atoms with Gasteiger partial charge in [0.2, 0.25) is 0 Å². The molecule has 0 N–H and O–H groups in total. The van der Waals surface area contributed by atoms with Crippen LogP contribution in [0.2, 0.25) is 0 Å². The highest BCUT2D eigenvalue weighted by Gasteiger charge is 2.21. The van der Waals surface area contributed by atoms with E-state index in [1.807, 2.05) is 0 Å². The fourth-order valence-electron chi connectivity index (χ4n) is 1.56. The fourth-order valence-corrected chi connectivity index (χ4v) is 1.56. The molecule has 0 aromatic heterocycles. The summed E-state index contributed by atoms with van der Waals surface area (Å²) in [5.41, 5.74) is 0. The predicted molar refractivity (Wildman–Crippen MR) is 64.4 cm³/mol. The van der Waals surface area contributed by atoms with Crippen molar-refractivity contribution in [2.24, 2.45) is 0 Å². The van der Waals surface area contributed by atoms with Crippen LogP contribution in [-0.4, -0.2) is 32.5 Å². The van der Waals surface area contributed by atoms with E-state index in [0.29, 0.717) is 6.10 Å². The zero-order valence-electron chi connectivity index (χ0n) is 10.2. The molecule has 0 aromatic carbocycles. The maximum Gasteiger partial charge on any atom is 0.104 e. The van der Waals surface area contributed by atoms with Crippen molar-refractivity contribution in [3.05, 3.63) is 12.8 Å². The van der Waals surface area contributed by atoms with Gasteiger partial charge in [-0.3, -0.25) is 0 Å². The van der Waals surface area contributed by atoms with Crippen LogP contribution in [-0.2, 0) is 14.2 Å². The summed E-state index contributed by atoms with van der Waals surface area (Å²) in [5.74, 6) is 0. The Kier molecular flexibility index (Phi) is 8.17. The van der Waals surface area contributed by atoms with E-state index < -0.39 is 0 Å². The van der Waals surface area contributed by atoms with Crippen molar-refractivity contribution >= 4 is 0 Å². The first-order valence-corrected chi connectivity index (χ1v) is 6.35. The maximum absolute atomic E-state index is 5.46. The first kappa shape index (κ1) is 13.5. The first-order valence-electron chi connectivity index (χ1n) is 6.35. The van der Waals surface area contributed by atoms with Crippen LogP contribution >= 0.6 is 0 Å². The van der Waals surface area contributed by atoms with Gasteiger partial charge in [-0.25, -0.2) is 0 Å². The third kappa shape index (κ3) is 8.74. The van der Waals surface area contributed by atoms with E-state index in [4.69, 9.17) is 14.2 Å². The zero-order chi connectivity index (χ0) is 11.5. The Balaban J connectivity index is 1.63. The van der Waals surface area contributed by atoms with Gasteiger partial charge in [-0.15, -0.1) is 0 Å². The molecule has 16 heavy (non-hydrogen) atoms. The maximum atomic E-state index is 5.46. The summed E-state index contributed by atoms with van der Waals surface area (Å²) >= 11 is 0. The normalized spacial score (nSPS) is 18.4. The SMILES string of the molecule is C=COCCCCCCCCOCC1CO1. The smallest absolute Gasteiger partial charge is 0.104 e. The number of unbranched alkanes of at least 4 members (excludes halogenated alkanes) is 5. The Morgan fingerprint density at radius 1 is 1.06 bits per heavy atom. The molecule has 1 heterocycles. The highest BCUT2D eigenvalue weighted by Crippen LogP contribution is 2.09. The van der Waals surface area contributed by atoms with Gasteiger partial charge in [0.1, 0.15) is 6.10 Å². The van der Waals surface area contributed by atoms with Gasteiger partial charge in [0, 0.05) is 6.61 Å². The molecule has 1 atom stereocenters. The van der Waals surface area contributed by atoms with Crippen molar-refractivity contribution in [1.29, 1.82) is 0 Å². The van der Waals surface area contributed by atoms with Gasteiger partial charge in [0.05, 0.1) is 26.1 Å². The molecule has 1 aliphatic heterocycles. The molecule has 0 spiro atoms. The number of ether oxygens (including phenoxy) is 3. The summed E-state index contributed by atoms with van der Waals surface area (Å²) in [5, 5.41) is 0. The minimum Gasteiger partial charge on any atom is -0.502 e. The number of rotatable bonds is 12. The molecule has 1 saturated heterocycles. The lowest BCUT2D eigenvalue weighted by atomic mass is 10.1. The Bertz CT molecular complexity index is 167. The van der Waals surface area contributed by atoms with Crippen molar-refractivity contribution in [2.45, 2.75) is 44.6 Å². The van der Waals surface area contributed by atoms with Crippen LogP contribution in [0, 0.1) is 0 Å². The molecule has 0 saturated carbocycles. The van der Waals surface area contributed by atoms with Crippen LogP contribution in [0.1, 0.15) is 38.5 Å². The van der Waals surface area contributed by atoms with Gasteiger partial charge in [-0.05, 0) is 12.8 Å². The lowest BCUT2D eigenvalue weighted by molar-refractivity contribution is 0.113. The quantitative estimate of drug-likeness (QED) is 0.292. The van der Waals surface area contributed by atoms with Gasteiger partial charge < -0.3 is 14.2 Å². The zero-order valence-corrected chi connectivity index (χ0v) is 10.2. The third-order valence-electron chi connectivity index (χ3n) is 2.62. The van der Waals surface area contributed by atoms with Crippen LogP contribution in [0.3, 0.4) is 0 Å². The van der Waals surface area contributed by atoms with Crippen molar-refractivity contribution in [1.82, 2.24) is 0 Å². The summed E-state index contributed by atoms with van der Waals surface area (Å²) in [6.07, 6.45) is 9.37. The lowest BCUT2D eigenvalue weighted by Crippen LogP contribution is -2.02. The van der Waals surface area contributed by atoms with E-state index in [9.17, 15) is 0 Å². The van der Waals surface area contributed by atoms with Gasteiger partial charge in [-0.1, -0.05) is 32.3 Å². The van der Waals surface area contributed by atoms with E-state index in [1.54, 1.807) is 0 Å². The molecule has 0 bridgehead atoms. The fraction of sp³-hybridized carbons (Fsp3) is 0.846. The summed E-state index contributed by atoms with van der Waals surface area (Å²) in [6, 6.07) is 0. The number of epoxide rings is 1. The molecule has 0 aromatic rings. The van der Waals surface area contributed by atoms with Crippen LogP contribution in [0.15, 0.2) is 12.8 Å². The van der Waals surface area contributed by atoms with E-state index in [1.165, 1.54) is 38.4 Å². The standard InChI is InChI=1S/C13H24O3/c1-2-14-9-7-5-3-4-6-8-10-15-11-13-12-16-13/h2,13H,1,3-12H2. The summed E-state index contributed by atoms with van der Waals surface area (Å²) in [6.45, 7) is 6.90. The molecule has 3 heteroatoms. The van der Waals surface area contributed by atoms with Crippen LogP contribution in [0.25, 0.3) is 0 Å². The summed E-state index contributed by atoms with van der Waals surface area (Å²) < 4.78 is 15.6. The monoisotopic (exact) mass is 228 g/mol. The second-order valence-electron chi connectivity index (χ2n) is 4.19. The molecular weight excluding hydrogens is 204 g/mol. The molecular formula is C13H24O3. The van der Waals surface area contributed by atoms with E-state index >= 15 is 0 Å². The number of hydrogen-bond acceptors (Lipinski definition) is 3. The third-order valence-corrected chi connectivity index (χ3v) is 2.62. The lowest BCUT2D eigenvalue weighted by Gasteiger charge is -2.03. The van der Waals surface area contributed by atoms with Gasteiger partial charge in [-0.2, -0.15) is 0 Å². The van der Waals surface area contributed by atoms with Crippen molar-refractivity contribution in [3.8, 4) is 0 Å². The van der Waals surface area contributed by atoms with Crippen LogP contribution in [0.4, 0.5) is 0 Å². The predicted octanol–water partition coefficient (Wildman–Crippen LogP) is 2.90. The molecule has 0 aliphatic carbocycles. The molecule has 1 aliphatic rings. The van der Waals surface area contributed by atoms with Crippen LogP contribution in [0.5, 0.6) is 0 Å². The molecule has 94 valence electrons. The van der Waals surface area contributed by atoms with Crippen molar-refractivity contribution in [3.63, 3.8) is 0 Å². The van der Waals surface area contributed by atoms with E-state index in [2.05, 4.69) is 6.58 Å². The molecule has 3 nitrogen and oxygen atoms in total. The van der Waals surface area contributed by atoms with E-state index in [0.717, 1.165) is 32.8 Å². The molecule has 1 fully saturated rings. The van der Waals surface area contributed by atoms with Gasteiger partial charge in [0.25, 0.3) is 0 Å². The topological polar surface area (TPSA) is 31.0 Å². The molecule has 1 unspecified atom stereocenters. The van der Waals surface area contributed by atoms with Crippen molar-refractivity contribution in [2.75, 3.05) is 26.4 Å². The highest BCUT2D eigenvalue weighted by molar-refractivity contribution is 4.66. The summed E-state index contributed by atoms with van der Waals surface area (Å²) in [4.78, 5) is 0. The van der Waals surface area contributed by atoms with E-state index in [-0.39, 0.29) is 0 Å². The molecule has 0 radical (unpaired) electrons. The number of hydrogen-bond donors (Lipinski definition) is 0. The molecule has 0 amide bonds. The highest BCUT2D eigenvalue weighted by atomic mass is 16.6. The van der Waals surface area contributed by atoms with Gasteiger partial charge in [0.15, 0.2) is 0 Å². The average molecular weight is 228 g/mol. The van der Waals surface area contributed by atoms with Crippen molar-refractivity contribution < 1.29 is 14.2 Å². The first-order chi connectivity index (χ1) is 7.93. The second-order valence-corrected chi connectivity index (χ2v) is 4.19. The minimum absolute atomic E-state index is 0.407. The Labute approximate surface area is 98.8 Å². The Hall–Kier alpha value is -0.540. The van der Waals surface area contributed by atoms with Crippen LogP contribution < -0.4 is 0 Å². The Morgan fingerprint density at radius 3 is 2.31 bits per heavy atom. The molecule has 1 rings (SSSR count). The Morgan fingerprint density at radius 2 is 1.69 bits per heavy atom. The second kappa shape index (κ2) is 9.67. The van der Waals surface area contributed by atoms with Gasteiger partial charge >= 0.3 is 0 Å². The minimum atomic E-state index is 0.407. The average Bonchev–Trinajstić information content (AvgIpc) is 3.10. The largest absolute Gasteiger partial charge is 0.502 e.